The molecule has 0 aliphatic heterocycles. The van der Waals surface area contributed by atoms with Crippen molar-refractivity contribution in [1.82, 2.24) is 5.43 Å². The van der Waals surface area contributed by atoms with Crippen molar-refractivity contribution >= 4 is 51.0 Å². The van der Waals surface area contributed by atoms with Gasteiger partial charge in [-0.3, -0.25) is 13.9 Å². The van der Waals surface area contributed by atoms with Crippen LogP contribution in [0.5, 0.6) is 17.2 Å². The predicted molar refractivity (Wildman–Crippen MR) is 168 cm³/mol. The molecule has 4 aromatic rings. The van der Waals surface area contributed by atoms with Crippen LogP contribution in [-0.2, 0) is 19.6 Å². The van der Waals surface area contributed by atoms with Gasteiger partial charge in [-0.05, 0) is 72.3 Å². The molecule has 44 heavy (non-hydrogen) atoms. The highest BCUT2D eigenvalue weighted by Crippen LogP contribution is 2.35. The van der Waals surface area contributed by atoms with E-state index in [2.05, 4.69) is 15.8 Å². The summed E-state index contributed by atoms with van der Waals surface area (Å²) in [6.07, 6.45) is 1.38. The third kappa shape index (κ3) is 8.49. The standard InChI is InChI=1S/C31H29ClN4O7S/c1-41-26-15-16-29(42-2)28(18-26)36(44(39,40)27-9-4-3-5-10-27)20-30(37)35-33-19-22-11-13-25(14-12-22)43-21-31(38)34-24-8-6-7-23(32)17-24/h3-19H,20-21H2,1-2H3,(H,34,38)(H,35,37)/b33-19-. The van der Waals surface area contributed by atoms with Crippen LogP contribution in [0.25, 0.3) is 0 Å². The van der Waals surface area contributed by atoms with Gasteiger partial charge in [0.1, 0.15) is 23.8 Å². The minimum absolute atomic E-state index is 0.00886. The van der Waals surface area contributed by atoms with Gasteiger partial charge < -0.3 is 19.5 Å². The number of benzene rings is 4. The average molecular weight is 637 g/mol. The molecule has 11 nitrogen and oxygen atoms in total. The van der Waals surface area contributed by atoms with Crippen LogP contribution < -0.4 is 29.3 Å². The maximum atomic E-state index is 13.6. The fourth-order valence-corrected chi connectivity index (χ4v) is 5.55. The van der Waals surface area contributed by atoms with Gasteiger partial charge in [0, 0.05) is 16.8 Å². The molecule has 4 rings (SSSR count). The Labute approximate surface area is 260 Å². The number of hydrazone groups is 1. The van der Waals surface area contributed by atoms with Crippen LogP contribution in [0.4, 0.5) is 11.4 Å². The van der Waals surface area contributed by atoms with Crippen LogP contribution in [-0.4, -0.2) is 53.8 Å². The van der Waals surface area contributed by atoms with E-state index in [4.69, 9.17) is 25.8 Å². The van der Waals surface area contributed by atoms with Gasteiger partial charge in [0.2, 0.25) is 0 Å². The molecule has 13 heteroatoms. The van der Waals surface area contributed by atoms with Gasteiger partial charge in [0.05, 0.1) is 31.0 Å². The van der Waals surface area contributed by atoms with Crippen molar-refractivity contribution < 1.29 is 32.2 Å². The highest BCUT2D eigenvalue weighted by atomic mass is 35.5. The molecule has 0 bridgehead atoms. The van der Waals surface area contributed by atoms with Crippen molar-refractivity contribution in [3.63, 3.8) is 0 Å². The number of sulfonamides is 1. The summed E-state index contributed by atoms with van der Waals surface area (Å²) in [6, 6.07) is 25.8. The molecule has 2 amide bonds. The molecule has 0 radical (unpaired) electrons. The van der Waals surface area contributed by atoms with Gasteiger partial charge in [-0.15, -0.1) is 0 Å². The van der Waals surface area contributed by atoms with E-state index < -0.39 is 22.5 Å². The van der Waals surface area contributed by atoms with Gasteiger partial charge in [0.15, 0.2) is 6.61 Å². The molecule has 228 valence electrons. The van der Waals surface area contributed by atoms with E-state index >= 15 is 0 Å². The summed E-state index contributed by atoms with van der Waals surface area (Å²) in [5.41, 5.74) is 3.65. The zero-order chi connectivity index (χ0) is 31.5. The second-order valence-corrected chi connectivity index (χ2v) is 11.4. The Kier molecular flexibility index (Phi) is 10.8. The van der Waals surface area contributed by atoms with Gasteiger partial charge >= 0.3 is 0 Å². The lowest BCUT2D eigenvalue weighted by molar-refractivity contribution is -0.119. The lowest BCUT2D eigenvalue weighted by Crippen LogP contribution is -2.39. The van der Waals surface area contributed by atoms with E-state index in [1.165, 1.54) is 38.6 Å². The topological polar surface area (TPSA) is 136 Å². The summed E-state index contributed by atoms with van der Waals surface area (Å²) in [5, 5.41) is 7.16. The Bertz CT molecular complexity index is 1730. The van der Waals surface area contributed by atoms with Crippen molar-refractivity contribution in [3.8, 4) is 17.2 Å². The third-order valence-electron chi connectivity index (χ3n) is 6.03. The Hall–Kier alpha value is -5.07. The molecular weight excluding hydrogens is 608 g/mol. The molecule has 4 aromatic carbocycles. The molecule has 0 aromatic heterocycles. The second kappa shape index (κ2) is 14.9. The maximum absolute atomic E-state index is 13.6. The minimum atomic E-state index is -4.18. The Balaban J connectivity index is 1.40. The summed E-state index contributed by atoms with van der Waals surface area (Å²) >= 11 is 5.93. The SMILES string of the molecule is COc1ccc(OC)c(N(CC(=O)N/N=C\c2ccc(OCC(=O)Nc3cccc(Cl)c3)cc2)S(=O)(=O)c2ccccc2)c1. The molecule has 0 aliphatic rings. The number of nitrogens with zero attached hydrogens (tertiary/aromatic N) is 2. The molecule has 0 atom stereocenters. The van der Waals surface area contributed by atoms with E-state index in [1.54, 1.807) is 78.9 Å². The molecular formula is C31H29ClN4O7S. The van der Waals surface area contributed by atoms with Crippen LogP contribution in [0, 0.1) is 0 Å². The number of anilines is 2. The van der Waals surface area contributed by atoms with Crippen molar-refractivity contribution in [3.05, 3.63) is 108 Å². The normalized spacial score (nSPS) is 11.1. The first-order chi connectivity index (χ1) is 21.2. The van der Waals surface area contributed by atoms with Crippen LogP contribution in [0.15, 0.2) is 107 Å². The van der Waals surface area contributed by atoms with Crippen LogP contribution in [0.1, 0.15) is 5.56 Å². The Morgan fingerprint density at radius 1 is 0.864 bits per heavy atom. The number of halogens is 1. The predicted octanol–water partition coefficient (Wildman–Crippen LogP) is 4.72. The van der Waals surface area contributed by atoms with Crippen molar-refractivity contribution in [2.45, 2.75) is 4.90 Å². The summed E-state index contributed by atoms with van der Waals surface area (Å²) in [6.45, 7) is -0.807. The number of amides is 2. The molecule has 0 heterocycles. The van der Waals surface area contributed by atoms with Crippen molar-refractivity contribution in [1.29, 1.82) is 0 Å². The lowest BCUT2D eigenvalue weighted by Gasteiger charge is -2.25. The summed E-state index contributed by atoms with van der Waals surface area (Å²) in [7, 11) is -1.34. The average Bonchev–Trinajstić information content (AvgIpc) is 3.03. The summed E-state index contributed by atoms with van der Waals surface area (Å²) in [4.78, 5) is 25.1. The molecule has 0 aliphatic carbocycles. The number of ether oxygens (including phenoxy) is 3. The van der Waals surface area contributed by atoms with E-state index in [1.807, 2.05) is 0 Å². The van der Waals surface area contributed by atoms with E-state index in [0.29, 0.717) is 27.8 Å². The number of rotatable bonds is 13. The van der Waals surface area contributed by atoms with E-state index in [-0.39, 0.29) is 28.8 Å². The zero-order valence-corrected chi connectivity index (χ0v) is 25.3. The fraction of sp³-hybridized carbons (Fsp3) is 0.129. The highest BCUT2D eigenvalue weighted by Gasteiger charge is 2.29. The summed E-state index contributed by atoms with van der Waals surface area (Å²) < 4.78 is 44.4. The van der Waals surface area contributed by atoms with Gasteiger partial charge in [0.25, 0.3) is 21.8 Å². The highest BCUT2D eigenvalue weighted by molar-refractivity contribution is 7.92. The third-order valence-corrected chi connectivity index (χ3v) is 8.04. The largest absolute Gasteiger partial charge is 0.497 e. The number of hydrogen-bond donors (Lipinski definition) is 2. The molecule has 0 saturated carbocycles. The zero-order valence-electron chi connectivity index (χ0n) is 23.8. The first-order valence-electron chi connectivity index (χ1n) is 13.1. The summed E-state index contributed by atoms with van der Waals surface area (Å²) in [5.74, 6) is 0.000691. The van der Waals surface area contributed by atoms with Crippen LogP contribution in [0.3, 0.4) is 0 Å². The number of carbonyl (C=O) groups excluding carboxylic acids is 2. The minimum Gasteiger partial charge on any atom is -0.497 e. The lowest BCUT2D eigenvalue weighted by atomic mass is 10.2. The maximum Gasteiger partial charge on any atom is 0.264 e. The number of methoxy groups -OCH3 is 2. The number of carbonyl (C=O) groups is 2. The molecule has 0 unspecified atom stereocenters. The number of hydrogen-bond acceptors (Lipinski definition) is 8. The molecule has 0 spiro atoms. The second-order valence-electron chi connectivity index (χ2n) is 9.07. The van der Waals surface area contributed by atoms with Crippen LogP contribution in [0.2, 0.25) is 5.02 Å². The quantitative estimate of drug-likeness (QED) is 0.160. The molecule has 0 saturated heterocycles. The Morgan fingerprint density at radius 2 is 1.59 bits per heavy atom. The van der Waals surface area contributed by atoms with Gasteiger partial charge in [-0.25, -0.2) is 13.8 Å². The fourth-order valence-electron chi connectivity index (χ4n) is 3.92. The van der Waals surface area contributed by atoms with Crippen molar-refractivity contribution in [2.75, 3.05) is 37.0 Å². The smallest absolute Gasteiger partial charge is 0.264 e. The first kappa shape index (κ1) is 31.9. The van der Waals surface area contributed by atoms with Gasteiger partial charge in [-0.2, -0.15) is 5.10 Å². The van der Waals surface area contributed by atoms with Gasteiger partial charge in [-0.1, -0.05) is 35.9 Å². The monoisotopic (exact) mass is 636 g/mol. The number of nitrogens with one attached hydrogen (secondary N) is 2. The molecule has 2 N–H and O–H groups in total. The van der Waals surface area contributed by atoms with E-state index in [9.17, 15) is 18.0 Å². The molecule has 0 fully saturated rings. The van der Waals surface area contributed by atoms with E-state index in [0.717, 1.165) is 4.31 Å². The van der Waals surface area contributed by atoms with Crippen LogP contribution >= 0.6 is 11.6 Å². The first-order valence-corrected chi connectivity index (χ1v) is 14.9. The van der Waals surface area contributed by atoms with Crippen molar-refractivity contribution in [2.24, 2.45) is 5.10 Å². The Morgan fingerprint density at radius 3 is 2.27 bits per heavy atom.